The molecule has 0 saturated carbocycles. The number of ether oxygens (including phenoxy) is 3. The summed E-state index contributed by atoms with van der Waals surface area (Å²) in [6.45, 7) is 0.623. The second-order valence-corrected chi connectivity index (χ2v) is 6.65. The summed E-state index contributed by atoms with van der Waals surface area (Å²) in [5, 5.41) is 9.26. The Labute approximate surface area is 161 Å². The molecule has 0 aromatic heterocycles. The topological polar surface area (TPSA) is 82.1 Å². The Balaban J connectivity index is 2.29. The van der Waals surface area contributed by atoms with Gasteiger partial charge in [-0.3, -0.25) is 0 Å². The number of carboxylic acids is 1. The molecule has 0 saturated heterocycles. The van der Waals surface area contributed by atoms with Crippen LogP contribution in [0.1, 0.15) is 20.7 Å². The highest BCUT2D eigenvalue weighted by Gasteiger charge is 2.20. The first-order valence-electron chi connectivity index (χ1n) is 7.08. The summed E-state index contributed by atoms with van der Waals surface area (Å²) in [5.41, 5.74) is 0.0457. The molecule has 132 valence electrons. The smallest absolute Gasteiger partial charge is 0.347 e. The molecule has 0 spiro atoms. The summed E-state index contributed by atoms with van der Waals surface area (Å²) in [5.74, 6) is -1.66. The van der Waals surface area contributed by atoms with E-state index in [2.05, 4.69) is 31.9 Å². The molecule has 1 N–H and O–H groups in total. The van der Waals surface area contributed by atoms with Crippen LogP contribution in [-0.2, 0) is 4.74 Å². The molecule has 0 radical (unpaired) electrons. The predicted molar refractivity (Wildman–Crippen MR) is 97.6 cm³/mol. The van der Waals surface area contributed by atoms with E-state index in [1.807, 2.05) is 0 Å². The van der Waals surface area contributed by atoms with E-state index in [-0.39, 0.29) is 23.5 Å². The maximum absolute atomic E-state index is 12.5. The van der Waals surface area contributed by atoms with Crippen LogP contribution in [0.3, 0.4) is 0 Å². The summed E-state index contributed by atoms with van der Waals surface area (Å²) >= 11 is 6.48. The number of carbonyl (C=O) groups is 2. The SMILES string of the molecule is COCCOc1ccc(Br)cc1C(=O)Oc1ccc(Br)cc1C(=O)O. The number of benzene rings is 2. The molecular formula is C17H14Br2O6. The second kappa shape index (κ2) is 8.98. The van der Waals surface area contributed by atoms with E-state index in [0.717, 1.165) is 0 Å². The lowest BCUT2D eigenvalue weighted by Crippen LogP contribution is -2.14. The third kappa shape index (κ3) is 5.29. The van der Waals surface area contributed by atoms with Gasteiger partial charge in [-0.15, -0.1) is 0 Å². The molecule has 0 unspecified atom stereocenters. The fourth-order valence-electron chi connectivity index (χ4n) is 1.94. The van der Waals surface area contributed by atoms with Gasteiger partial charge in [-0.1, -0.05) is 31.9 Å². The van der Waals surface area contributed by atoms with Gasteiger partial charge in [0.1, 0.15) is 29.2 Å². The van der Waals surface area contributed by atoms with Crippen molar-refractivity contribution >= 4 is 43.8 Å². The molecule has 6 nitrogen and oxygen atoms in total. The summed E-state index contributed by atoms with van der Waals surface area (Å²) in [4.78, 5) is 23.8. The van der Waals surface area contributed by atoms with Gasteiger partial charge in [-0.25, -0.2) is 9.59 Å². The van der Waals surface area contributed by atoms with Crippen LogP contribution in [0.25, 0.3) is 0 Å². The van der Waals surface area contributed by atoms with E-state index in [0.29, 0.717) is 21.3 Å². The molecular weight excluding hydrogens is 460 g/mol. The van der Waals surface area contributed by atoms with E-state index in [9.17, 15) is 14.7 Å². The summed E-state index contributed by atoms with van der Waals surface area (Å²) in [6, 6.07) is 9.25. The van der Waals surface area contributed by atoms with Crippen LogP contribution in [0, 0.1) is 0 Å². The molecule has 0 aliphatic carbocycles. The average molecular weight is 474 g/mol. The maximum atomic E-state index is 12.5. The lowest BCUT2D eigenvalue weighted by atomic mass is 10.2. The first kappa shape index (κ1) is 19.4. The molecule has 0 aliphatic heterocycles. The van der Waals surface area contributed by atoms with Crippen LogP contribution in [0.4, 0.5) is 0 Å². The van der Waals surface area contributed by atoms with Crippen molar-refractivity contribution in [2.45, 2.75) is 0 Å². The summed E-state index contributed by atoms with van der Waals surface area (Å²) in [6.07, 6.45) is 0. The molecule has 25 heavy (non-hydrogen) atoms. The van der Waals surface area contributed by atoms with Gasteiger partial charge in [0, 0.05) is 16.1 Å². The lowest BCUT2D eigenvalue weighted by molar-refractivity contribution is 0.0680. The predicted octanol–water partition coefficient (Wildman–Crippen LogP) is 4.15. The molecule has 2 aromatic rings. The van der Waals surface area contributed by atoms with Crippen molar-refractivity contribution in [2.75, 3.05) is 20.3 Å². The Morgan fingerprint density at radius 3 is 2.16 bits per heavy atom. The van der Waals surface area contributed by atoms with Gasteiger partial charge < -0.3 is 19.3 Å². The van der Waals surface area contributed by atoms with Crippen molar-refractivity contribution in [1.82, 2.24) is 0 Å². The Kier molecular flexibility index (Phi) is 6.98. The van der Waals surface area contributed by atoms with Crippen LogP contribution in [-0.4, -0.2) is 37.4 Å². The number of hydrogen-bond donors (Lipinski definition) is 1. The Bertz CT molecular complexity index is 791. The Morgan fingerprint density at radius 2 is 1.56 bits per heavy atom. The third-order valence-electron chi connectivity index (χ3n) is 3.08. The van der Waals surface area contributed by atoms with Gasteiger partial charge in [0.05, 0.1) is 6.61 Å². The fourth-order valence-corrected chi connectivity index (χ4v) is 2.66. The summed E-state index contributed by atoms with van der Waals surface area (Å²) < 4.78 is 16.9. The van der Waals surface area contributed by atoms with Crippen molar-refractivity contribution in [3.05, 3.63) is 56.5 Å². The Morgan fingerprint density at radius 1 is 0.960 bits per heavy atom. The van der Waals surface area contributed by atoms with E-state index in [4.69, 9.17) is 14.2 Å². The second-order valence-electron chi connectivity index (χ2n) is 4.82. The Hall–Kier alpha value is -1.90. The molecule has 0 fully saturated rings. The minimum atomic E-state index is -1.20. The average Bonchev–Trinajstić information content (AvgIpc) is 2.57. The molecule has 0 atom stereocenters. The van der Waals surface area contributed by atoms with Crippen LogP contribution in [0.5, 0.6) is 11.5 Å². The third-order valence-corrected chi connectivity index (χ3v) is 4.07. The number of carboxylic acid groups (broad SMARTS) is 1. The quantitative estimate of drug-likeness (QED) is 0.369. The zero-order valence-corrected chi connectivity index (χ0v) is 16.3. The van der Waals surface area contributed by atoms with Crippen LogP contribution < -0.4 is 9.47 Å². The van der Waals surface area contributed by atoms with Crippen molar-refractivity contribution < 1.29 is 28.9 Å². The zero-order chi connectivity index (χ0) is 18.4. The highest BCUT2D eigenvalue weighted by molar-refractivity contribution is 9.10. The highest BCUT2D eigenvalue weighted by atomic mass is 79.9. The number of rotatable bonds is 7. The number of aromatic carboxylic acids is 1. The normalized spacial score (nSPS) is 10.4. The lowest BCUT2D eigenvalue weighted by Gasteiger charge is -2.12. The number of hydrogen-bond acceptors (Lipinski definition) is 5. The minimum Gasteiger partial charge on any atom is -0.490 e. The maximum Gasteiger partial charge on any atom is 0.347 e. The molecule has 0 aliphatic rings. The van der Waals surface area contributed by atoms with Crippen molar-refractivity contribution in [3.8, 4) is 11.5 Å². The van der Waals surface area contributed by atoms with Gasteiger partial charge in [0.25, 0.3) is 0 Å². The fraction of sp³-hybridized carbons (Fsp3) is 0.176. The minimum absolute atomic E-state index is 0.0523. The van der Waals surface area contributed by atoms with Gasteiger partial charge in [-0.2, -0.15) is 0 Å². The van der Waals surface area contributed by atoms with Gasteiger partial charge in [0.15, 0.2) is 0 Å². The number of halogens is 2. The molecule has 2 rings (SSSR count). The molecule has 0 bridgehead atoms. The van der Waals surface area contributed by atoms with E-state index >= 15 is 0 Å². The number of carbonyl (C=O) groups excluding carboxylic acids is 1. The number of methoxy groups -OCH3 is 1. The summed E-state index contributed by atoms with van der Waals surface area (Å²) in [7, 11) is 1.54. The largest absolute Gasteiger partial charge is 0.490 e. The van der Waals surface area contributed by atoms with Gasteiger partial charge in [-0.05, 0) is 36.4 Å². The first-order valence-corrected chi connectivity index (χ1v) is 8.67. The molecule has 2 aromatic carbocycles. The molecule has 0 heterocycles. The van der Waals surface area contributed by atoms with Crippen molar-refractivity contribution in [3.63, 3.8) is 0 Å². The first-order chi connectivity index (χ1) is 11.9. The van der Waals surface area contributed by atoms with Crippen molar-refractivity contribution in [2.24, 2.45) is 0 Å². The monoisotopic (exact) mass is 472 g/mol. The highest BCUT2D eigenvalue weighted by Crippen LogP contribution is 2.28. The van der Waals surface area contributed by atoms with E-state index in [1.54, 1.807) is 31.4 Å². The van der Waals surface area contributed by atoms with Crippen LogP contribution in [0.15, 0.2) is 45.3 Å². The zero-order valence-electron chi connectivity index (χ0n) is 13.1. The molecule has 0 amide bonds. The molecule has 8 heteroatoms. The number of esters is 1. The van der Waals surface area contributed by atoms with E-state index < -0.39 is 11.9 Å². The van der Waals surface area contributed by atoms with Crippen LogP contribution >= 0.6 is 31.9 Å². The van der Waals surface area contributed by atoms with Gasteiger partial charge >= 0.3 is 11.9 Å². The van der Waals surface area contributed by atoms with E-state index in [1.165, 1.54) is 12.1 Å². The van der Waals surface area contributed by atoms with Crippen LogP contribution in [0.2, 0.25) is 0 Å². The van der Waals surface area contributed by atoms with Gasteiger partial charge in [0.2, 0.25) is 0 Å². The standard InChI is InChI=1S/C17H14Br2O6/c1-23-6-7-24-14-4-2-11(19)9-13(14)17(22)25-15-5-3-10(18)8-12(15)16(20)21/h2-5,8-9H,6-7H2,1H3,(H,20,21). The van der Waals surface area contributed by atoms with Crippen molar-refractivity contribution in [1.29, 1.82) is 0 Å².